The van der Waals surface area contributed by atoms with E-state index in [4.69, 9.17) is 10.00 Å². The Kier molecular flexibility index (Phi) is 4.18. The number of benzene rings is 1. The maximum atomic E-state index is 13.8. The fourth-order valence-electron chi connectivity index (χ4n) is 3.52. The Hall–Kier alpha value is -3.13. The summed E-state index contributed by atoms with van der Waals surface area (Å²) in [5, 5.41) is 9.98. The third-order valence-corrected chi connectivity index (χ3v) is 4.92. The van der Waals surface area contributed by atoms with Crippen molar-refractivity contribution in [2.24, 2.45) is 5.92 Å². The molecule has 1 atom stereocenters. The first-order chi connectivity index (χ1) is 12.7. The lowest BCUT2D eigenvalue weighted by Gasteiger charge is -2.15. The van der Waals surface area contributed by atoms with Gasteiger partial charge in [0.1, 0.15) is 17.2 Å². The molecule has 1 unspecified atom stereocenters. The van der Waals surface area contributed by atoms with Crippen molar-refractivity contribution >= 4 is 16.6 Å². The highest BCUT2D eigenvalue weighted by Gasteiger charge is 2.18. The monoisotopic (exact) mass is 347 g/mol. The molecule has 0 saturated heterocycles. The second kappa shape index (κ2) is 6.64. The summed E-state index contributed by atoms with van der Waals surface area (Å²) >= 11 is 0. The van der Waals surface area contributed by atoms with Crippen molar-refractivity contribution in [2.45, 2.75) is 19.3 Å². The molecule has 3 aromatic rings. The largest absolute Gasteiger partial charge is 0.496 e. The molecule has 5 heteroatoms. The van der Waals surface area contributed by atoms with E-state index in [-0.39, 0.29) is 11.7 Å². The van der Waals surface area contributed by atoms with Crippen LogP contribution in [0.3, 0.4) is 0 Å². The Morgan fingerprint density at radius 2 is 2.15 bits per heavy atom. The predicted octanol–water partition coefficient (Wildman–Crippen LogP) is 5.08. The van der Waals surface area contributed by atoms with Crippen molar-refractivity contribution in [3.05, 3.63) is 54.1 Å². The summed E-state index contributed by atoms with van der Waals surface area (Å²) in [5.41, 5.74) is 4.54. The molecule has 2 aromatic heterocycles. The number of hydrogen-bond donors (Lipinski definition) is 1. The van der Waals surface area contributed by atoms with Gasteiger partial charge in [0.15, 0.2) is 0 Å². The Morgan fingerprint density at radius 3 is 2.88 bits per heavy atom. The van der Waals surface area contributed by atoms with Crippen molar-refractivity contribution < 1.29 is 9.13 Å². The number of rotatable bonds is 3. The smallest absolute Gasteiger partial charge is 0.138 e. The molecule has 0 saturated carbocycles. The minimum Gasteiger partial charge on any atom is -0.496 e. The van der Waals surface area contributed by atoms with Crippen LogP contribution in [0.5, 0.6) is 5.75 Å². The zero-order valence-electron chi connectivity index (χ0n) is 14.4. The third kappa shape index (κ3) is 2.84. The standard InChI is InChI=1S/C21H18FN3O/c1-26-20-7-6-15(22)10-17(20)16-8-9-24-21-18(16)11-19(25-21)14-4-2-13(12-23)3-5-14/h4,6-11,13H,2-3,5H2,1H3,(H,24,25). The van der Waals surface area contributed by atoms with Crippen LogP contribution < -0.4 is 4.74 Å². The van der Waals surface area contributed by atoms with Gasteiger partial charge < -0.3 is 9.72 Å². The minimum atomic E-state index is -0.306. The molecule has 1 aromatic carbocycles. The molecule has 2 heterocycles. The molecule has 26 heavy (non-hydrogen) atoms. The highest BCUT2D eigenvalue weighted by Crippen LogP contribution is 2.37. The Labute approximate surface area is 150 Å². The van der Waals surface area contributed by atoms with Crippen molar-refractivity contribution in [3.8, 4) is 22.9 Å². The second-order valence-corrected chi connectivity index (χ2v) is 6.48. The average molecular weight is 347 g/mol. The number of aromatic amines is 1. The molecular weight excluding hydrogens is 329 g/mol. The van der Waals surface area contributed by atoms with Gasteiger partial charge in [-0.2, -0.15) is 5.26 Å². The molecule has 0 aliphatic heterocycles. The number of hydrogen-bond acceptors (Lipinski definition) is 3. The van der Waals surface area contributed by atoms with Crippen molar-refractivity contribution in [1.82, 2.24) is 9.97 Å². The third-order valence-electron chi connectivity index (χ3n) is 4.92. The number of allylic oxidation sites excluding steroid dienone is 2. The number of ether oxygens (including phenoxy) is 1. The summed E-state index contributed by atoms with van der Waals surface area (Å²) in [5.74, 6) is 0.419. The van der Waals surface area contributed by atoms with E-state index in [2.05, 4.69) is 28.2 Å². The fraction of sp³-hybridized carbons (Fsp3) is 0.238. The highest BCUT2D eigenvalue weighted by atomic mass is 19.1. The minimum absolute atomic E-state index is 0.105. The van der Waals surface area contributed by atoms with Crippen LogP contribution in [0, 0.1) is 23.1 Å². The molecule has 1 aliphatic carbocycles. The number of nitriles is 1. The van der Waals surface area contributed by atoms with E-state index in [1.165, 1.54) is 17.7 Å². The van der Waals surface area contributed by atoms with Gasteiger partial charge in [0.05, 0.1) is 19.1 Å². The summed E-state index contributed by atoms with van der Waals surface area (Å²) in [6, 6.07) is 10.8. The number of aromatic nitrogens is 2. The quantitative estimate of drug-likeness (QED) is 0.718. The lowest BCUT2D eigenvalue weighted by molar-refractivity contribution is 0.415. The van der Waals surface area contributed by atoms with E-state index in [1.54, 1.807) is 19.4 Å². The number of nitrogens with one attached hydrogen (secondary N) is 1. The van der Waals surface area contributed by atoms with Crippen LogP contribution in [0.2, 0.25) is 0 Å². The number of H-pyrrole nitrogens is 1. The molecular formula is C21H18FN3O. The van der Waals surface area contributed by atoms with Gasteiger partial charge >= 0.3 is 0 Å². The lowest BCUT2D eigenvalue weighted by atomic mass is 9.89. The van der Waals surface area contributed by atoms with Gasteiger partial charge in [-0.3, -0.25) is 0 Å². The van der Waals surface area contributed by atoms with Gasteiger partial charge in [-0.05, 0) is 60.7 Å². The number of pyridine rings is 1. The first kappa shape index (κ1) is 16.3. The van der Waals surface area contributed by atoms with Crippen LogP contribution >= 0.6 is 0 Å². The molecule has 0 amide bonds. The van der Waals surface area contributed by atoms with Gasteiger partial charge in [0.25, 0.3) is 0 Å². The Bertz CT molecular complexity index is 1050. The van der Waals surface area contributed by atoms with E-state index >= 15 is 0 Å². The van der Waals surface area contributed by atoms with Crippen LogP contribution in [0.1, 0.15) is 25.0 Å². The van der Waals surface area contributed by atoms with Crippen LogP contribution in [-0.4, -0.2) is 17.1 Å². The molecule has 130 valence electrons. The van der Waals surface area contributed by atoms with E-state index in [0.717, 1.165) is 41.6 Å². The number of fused-ring (bicyclic) bond motifs is 1. The van der Waals surface area contributed by atoms with Gasteiger partial charge in [-0.15, -0.1) is 0 Å². The van der Waals surface area contributed by atoms with Gasteiger partial charge in [0, 0.05) is 22.8 Å². The number of halogens is 1. The van der Waals surface area contributed by atoms with Gasteiger partial charge in [-0.1, -0.05) is 6.08 Å². The molecule has 0 radical (unpaired) electrons. The summed E-state index contributed by atoms with van der Waals surface area (Å²) in [6.07, 6.45) is 6.35. The van der Waals surface area contributed by atoms with Crippen molar-refractivity contribution in [2.75, 3.05) is 7.11 Å². The molecule has 0 bridgehead atoms. The average Bonchev–Trinajstić information content (AvgIpc) is 3.12. The van der Waals surface area contributed by atoms with Crippen LogP contribution in [0.4, 0.5) is 4.39 Å². The Balaban J connectivity index is 1.82. The topological polar surface area (TPSA) is 61.7 Å². The van der Waals surface area contributed by atoms with E-state index < -0.39 is 0 Å². The van der Waals surface area contributed by atoms with Crippen LogP contribution in [0.25, 0.3) is 27.7 Å². The first-order valence-corrected chi connectivity index (χ1v) is 8.60. The lowest BCUT2D eigenvalue weighted by Crippen LogP contribution is -2.02. The van der Waals surface area contributed by atoms with Crippen LogP contribution in [0.15, 0.2) is 42.6 Å². The zero-order chi connectivity index (χ0) is 18.1. The van der Waals surface area contributed by atoms with E-state index in [1.807, 2.05) is 6.07 Å². The van der Waals surface area contributed by atoms with E-state index in [9.17, 15) is 4.39 Å². The molecule has 4 rings (SSSR count). The number of methoxy groups -OCH3 is 1. The summed E-state index contributed by atoms with van der Waals surface area (Å²) in [7, 11) is 1.58. The number of nitrogens with zero attached hydrogens (tertiary/aromatic N) is 2. The maximum Gasteiger partial charge on any atom is 0.138 e. The summed E-state index contributed by atoms with van der Waals surface area (Å²) in [4.78, 5) is 7.79. The normalized spacial score (nSPS) is 17.0. The fourth-order valence-corrected chi connectivity index (χ4v) is 3.52. The van der Waals surface area contributed by atoms with Gasteiger partial charge in [-0.25, -0.2) is 9.37 Å². The second-order valence-electron chi connectivity index (χ2n) is 6.48. The molecule has 0 spiro atoms. The molecule has 1 aliphatic rings. The zero-order valence-corrected chi connectivity index (χ0v) is 14.4. The van der Waals surface area contributed by atoms with E-state index in [0.29, 0.717) is 11.3 Å². The molecule has 4 nitrogen and oxygen atoms in total. The van der Waals surface area contributed by atoms with Crippen molar-refractivity contribution in [1.29, 1.82) is 5.26 Å². The molecule has 1 N–H and O–H groups in total. The highest BCUT2D eigenvalue weighted by molar-refractivity contribution is 5.96. The van der Waals surface area contributed by atoms with Gasteiger partial charge in [0.2, 0.25) is 0 Å². The summed E-state index contributed by atoms with van der Waals surface area (Å²) in [6.45, 7) is 0. The van der Waals surface area contributed by atoms with Crippen LogP contribution in [-0.2, 0) is 0 Å². The van der Waals surface area contributed by atoms with Crippen molar-refractivity contribution in [3.63, 3.8) is 0 Å². The maximum absolute atomic E-state index is 13.8. The summed E-state index contributed by atoms with van der Waals surface area (Å²) < 4.78 is 19.2. The first-order valence-electron chi connectivity index (χ1n) is 8.60. The predicted molar refractivity (Wildman–Crippen MR) is 99.0 cm³/mol. The Morgan fingerprint density at radius 1 is 1.27 bits per heavy atom. The SMILES string of the molecule is COc1ccc(F)cc1-c1ccnc2[nH]c(C3=CCC(C#N)CC3)cc12. The molecule has 0 fully saturated rings.